The highest BCUT2D eigenvalue weighted by Gasteiger charge is 2.13. The van der Waals surface area contributed by atoms with Gasteiger partial charge in [0.15, 0.2) is 11.2 Å². The van der Waals surface area contributed by atoms with E-state index in [2.05, 4.69) is 15.3 Å². The molecule has 2 aromatic heterocycles. The maximum Gasteiger partial charge on any atom is 0.248 e. The van der Waals surface area contributed by atoms with Crippen molar-refractivity contribution in [1.82, 2.24) is 9.97 Å². The van der Waals surface area contributed by atoms with Gasteiger partial charge in [-0.25, -0.2) is 4.98 Å². The molecule has 0 unspecified atom stereocenters. The Labute approximate surface area is 171 Å². The summed E-state index contributed by atoms with van der Waals surface area (Å²) in [7, 11) is 1.61. The standard InChI is InChI=1S/C22H16ClN3O3/c1-28-16-8-4-14(5-9-16)6-11-20(27)25-15-7-10-18(23)17(13-15)22-26-21-19(29-22)3-2-12-24-21/h2-13H,1H3,(H,25,27)/b11-6-. The average Bonchev–Trinajstić information content (AvgIpc) is 3.18. The van der Waals surface area contributed by atoms with Crippen molar-refractivity contribution in [2.75, 3.05) is 12.4 Å². The molecular formula is C22H16ClN3O3. The van der Waals surface area contributed by atoms with Crippen molar-refractivity contribution in [2.45, 2.75) is 0 Å². The first kappa shape index (κ1) is 18.7. The summed E-state index contributed by atoms with van der Waals surface area (Å²) in [5.74, 6) is 0.830. The Bertz CT molecular complexity index is 1170. The van der Waals surface area contributed by atoms with Crippen LogP contribution in [0.25, 0.3) is 28.8 Å². The molecule has 0 radical (unpaired) electrons. The molecule has 1 amide bonds. The van der Waals surface area contributed by atoms with Gasteiger partial charge in [-0.15, -0.1) is 0 Å². The second kappa shape index (κ2) is 8.16. The van der Waals surface area contributed by atoms with Gasteiger partial charge in [-0.1, -0.05) is 23.7 Å². The van der Waals surface area contributed by atoms with Crippen LogP contribution in [0, 0.1) is 0 Å². The number of pyridine rings is 1. The van der Waals surface area contributed by atoms with E-state index in [1.54, 1.807) is 49.7 Å². The summed E-state index contributed by atoms with van der Waals surface area (Å²) in [5.41, 5.74) is 3.09. The van der Waals surface area contributed by atoms with Gasteiger partial charge >= 0.3 is 0 Å². The van der Waals surface area contributed by atoms with Crippen LogP contribution >= 0.6 is 11.6 Å². The second-order valence-electron chi connectivity index (χ2n) is 6.13. The number of benzene rings is 2. The third-order valence-electron chi connectivity index (χ3n) is 4.17. The van der Waals surface area contributed by atoms with Gasteiger partial charge in [0.1, 0.15) is 5.75 Å². The van der Waals surface area contributed by atoms with Gasteiger partial charge in [0.2, 0.25) is 11.8 Å². The number of fused-ring (bicyclic) bond motifs is 1. The summed E-state index contributed by atoms with van der Waals surface area (Å²) in [6, 6.07) is 16.1. The summed E-state index contributed by atoms with van der Waals surface area (Å²) in [5, 5.41) is 3.27. The fourth-order valence-corrected chi connectivity index (χ4v) is 2.92. The minimum atomic E-state index is -0.270. The molecule has 0 atom stereocenters. The van der Waals surface area contributed by atoms with E-state index in [9.17, 15) is 4.79 Å². The molecule has 4 aromatic rings. The summed E-state index contributed by atoms with van der Waals surface area (Å²) >= 11 is 6.30. The van der Waals surface area contributed by atoms with Crippen LogP contribution in [0.15, 0.2) is 71.3 Å². The zero-order valence-corrected chi connectivity index (χ0v) is 16.2. The quantitative estimate of drug-likeness (QED) is 0.461. The number of nitrogens with one attached hydrogen (secondary N) is 1. The molecule has 0 aliphatic rings. The average molecular weight is 406 g/mol. The van der Waals surface area contributed by atoms with Crippen molar-refractivity contribution in [3.63, 3.8) is 0 Å². The number of oxazole rings is 1. The Hall–Kier alpha value is -3.64. The maximum atomic E-state index is 12.3. The highest BCUT2D eigenvalue weighted by Crippen LogP contribution is 2.31. The van der Waals surface area contributed by atoms with E-state index in [1.807, 2.05) is 24.3 Å². The molecule has 0 aliphatic heterocycles. The molecule has 0 saturated carbocycles. The monoisotopic (exact) mass is 405 g/mol. The summed E-state index contributed by atoms with van der Waals surface area (Å²) in [4.78, 5) is 20.8. The van der Waals surface area contributed by atoms with E-state index in [0.29, 0.717) is 33.4 Å². The van der Waals surface area contributed by atoms with Crippen LogP contribution in [0.2, 0.25) is 5.02 Å². The summed E-state index contributed by atoms with van der Waals surface area (Å²) in [6.45, 7) is 0. The number of nitrogens with zero attached hydrogens (tertiary/aromatic N) is 2. The second-order valence-corrected chi connectivity index (χ2v) is 6.54. The Morgan fingerprint density at radius 3 is 2.76 bits per heavy atom. The molecule has 0 saturated heterocycles. The van der Waals surface area contributed by atoms with Gasteiger partial charge in [0.05, 0.1) is 17.7 Å². The number of rotatable bonds is 5. The number of carbonyl (C=O) groups is 1. The summed E-state index contributed by atoms with van der Waals surface area (Å²) < 4.78 is 10.8. The molecule has 144 valence electrons. The molecule has 0 spiro atoms. The molecular weight excluding hydrogens is 390 g/mol. The molecule has 2 heterocycles. The van der Waals surface area contributed by atoms with E-state index in [-0.39, 0.29) is 5.91 Å². The van der Waals surface area contributed by atoms with Crippen LogP contribution in [0.1, 0.15) is 5.56 Å². The number of anilines is 1. The summed E-state index contributed by atoms with van der Waals surface area (Å²) in [6.07, 6.45) is 4.82. The predicted molar refractivity (Wildman–Crippen MR) is 113 cm³/mol. The number of hydrogen-bond acceptors (Lipinski definition) is 5. The third-order valence-corrected chi connectivity index (χ3v) is 4.50. The fourth-order valence-electron chi connectivity index (χ4n) is 2.72. The molecule has 7 heteroatoms. The minimum Gasteiger partial charge on any atom is -0.497 e. The highest BCUT2D eigenvalue weighted by atomic mass is 35.5. The number of halogens is 1. The zero-order valence-electron chi connectivity index (χ0n) is 15.4. The van der Waals surface area contributed by atoms with Gasteiger partial charge in [0, 0.05) is 18.0 Å². The fraction of sp³-hybridized carbons (Fsp3) is 0.0455. The molecule has 29 heavy (non-hydrogen) atoms. The first-order valence-corrected chi connectivity index (χ1v) is 9.15. The maximum absolute atomic E-state index is 12.3. The van der Waals surface area contributed by atoms with Crippen molar-refractivity contribution in [3.05, 3.63) is 77.5 Å². The van der Waals surface area contributed by atoms with Gasteiger partial charge in [0.25, 0.3) is 0 Å². The molecule has 2 aromatic carbocycles. The van der Waals surface area contributed by atoms with Gasteiger partial charge in [-0.3, -0.25) is 4.79 Å². The van der Waals surface area contributed by atoms with E-state index < -0.39 is 0 Å². The first-order chi connectivity index (χ1) is 14.1. The largest absolute Gasteiger partial charge is 0.497 e. The number of carbonyl (C=O) groups excluding carboxylic acids is 1. The van der Waals surface area contributed by atoms with Crippen molar-refractivity contribution in [2.24, 2.45) is 0 Å². The van der Waals surface area contributed by atoms with Crippen LogP contribution in [0.3, 0.4) is 0 Å². The number of methoxy groups -OCH3 is 1. The van der Waals surface area contributed by atoms with Crippen LogP contribution in [-0.4, -0.2) is 23.0 Å². The Kier molecular flexibility index (Phi) is 5.27. The molecule has 6 nitrogen and oxygen atoms in total. The lowest BCUT2D eigenvalue weighted by Gasteiger charge is -2.06. The Morgan fingerprint density at radius 1 is 1.17 bits per heavy atom. The molecule has 0 bridgehead atoms. The highest BCUT2D eigenvalue weighted by molar-refractivity contribution is 6.33. The van der Waals surface area contributed by atoms with Gasteiger partial charge in [-0.05, 0) is 54.1 Å². The van der Waals surface area contributed by atoms with Crippen molar-refractivity contribution in [1.29, 1.82) is 0 Å². The third kappa shape index (κ3) is 4.28. The van der Waals surface area contributed by atoms with Crippen molar-refractivity contribution < 1.29 is 13.9 Å². The van der Waals surface area contributed by atoms with E-state index in [1.165, 1.54) is 6.08 Å². The molecule has 0 fully saturated rings. The SMILES string of the molecule is COc1ccc(/C=C\C(=O)Nc2ccc(Cl)c(-c3nc4ncccc4o3)c2)cc1. The van der Waals surface area contributed by atoms with Crippen molar-refractivity contribution >= 4 is 40.5 Å². The van der Waals surface area contributed by atoms with E-state index in [4.69, 9.17) is 20.8 Å². The van der Waals surface area contributed by atoms with Crippen LogP contribution < -0.4 is 10.1 Å². The van der Waals surface area contributed by atoms with E-state index in [0.717, 1.165) is 11.3 Å². The molecule has 1 N–H and O–H groups in total. The minimum absolute atomic E-state index is 0.270. The lowest BCUT2D eigenvalue weighted by molar-refractivity contribution is -0.111. The Morgan fingerprint density at radius 2 is 2.00 bits per heavy atom. The Balaban J connectivity index is 1.52. The van der Waals surface area contributed by atoms with Crippen LogP contribution in [0.5, 0.6) is 5.75 Å². The molecule has 4 rings (SSSR count). The van der Waals surface area contributed by atoms with E-state index >= 15 is 0 Å². The smallest absolute Gasteiger partial charge is 0.248 e. The van der Waals surface area contributed by atoms with Gasteiger partial charge < -0.3 is 14.5 Å². The normalized spacial score (nSPS) is 11.1. The number of amides is 1. The lowest BCUT2D eigenvalue weighted by Crippen LogP contribution is -2.07. The van der Waals surface area contributed by atoms with Crippen molar-refractivity contribution in [3.8, 4) is 17.2 Å². The zero-order chi connectivity index (χ0) is 20.2. The number of aromatic nitrogens is 2. The van der Waals surface area contributed by atoms with Crippen LogP contribution in [-0.2, 0) is 4.79 Å². The number of ether oxygens (including phenoxy) is 1. The topological polar surface area (TPSA) is 77.2 Å². The predicted octanol–water partition coefficient (Wildman–Crippen LogP) is 5.20. The molecule has 0 aliphatic carbocycles. The number of hydrogen-bond donors (Lipinski definition) is 1. The van der Waals surface area contributed by atoms with Gasteiger partial charge in [-0.2, -0.15) is 4.98 Å². The lowest BCUT2D eigenvalue weighted by atomic mass is 10.2. The van der Waals surface area contributed by atoms with Crippen LogP contribution in [0.4, 0.5) is 5.69 Å². The first-order valence-electron chi connectivity index (χ1n) is 8.77.